The predicted molar refractivity (Wildman–Crippen MR) is 91.9 cm³/mol. The van der Waals surface area contributed by atoms with Gasteiger partial charge in [-0.3, -0.25) is 9.67 Å². The first-order chi connectivity index (χ1) is 11.5. The molecule has 24 heavy (non-hydrogen) atoms. The SMILES string of the molecule is Cn1nccc1-c1cncc(CNS(=O)(=O)c2ccccc2Cl)c1. The van der Waals surface area contributed by atoms with Crippen LogP contribution in [-0.2, 0) is 23.6 Å². The molecule has 0 atom stereocenters. The molecule has 2 heterocycles. The lowest BCUT2D eigenvalue weighted by Crippen LogP contribution is -2.23. The normalized spacial score (nSPS) is 11.6. The van der Waals surface area contributed by atoms with Crippen molar-refractivity contribution in [3.8, 4) is 11.3 Å². The molecule has 2 aromatic heterocycles. The summed E-state index contributed by atoms with van der Waals surface area (Å²) in [6.07, 6.45) is 5.03. The fourth-order valence-corrected chi connectivity index (χ4v) is 3.84. The van der Waals surface area contributed by atoms with Gasteiger partial charge in [-0.2, -0.15) is 5.10 Å². The van der Waals surface area contributed by atoms with Crippen molar-refractivity contribution in [3.05, 3.63) is 65.6 Å². The van der Waals surface area contributed by atoms with Crippen LogP contribution in [0.3, 0.4) is 0 Å². The average molecular weight is 363 g/mol. The predicted octanol–water partition coefficient (Wildman–Crippen LogP) is 2.61. The number of aromatic nitrogens is 3. The Labute approximate surface area is 145 Å². The topological polar surface area (TPSA) is 76.9 Å². The van der Waals surface area contributed by atoms with E-state index in [-0.39, 0.29) is 16.5 Å². The number of benzene rings is 1. The number of nitrogens with one attached hydrogen (secondary N) is 1. The van der Waals surface area contributed by atoms with Gasteiger partial charge < -0.3 is 0 Å². The maximum absolute atomic E-state index is 12.4. The van der Waals surface area contributed by atoms with E-state index >= 15 is 0 Å². The molecule has 0 radical (unpaired) electrons. The Balaban J connectivity index is 1.80. The first-order valence-corrected chi connectivity index (χ1v) is 9.00. The Morgan fingerprint density at radius 2 is 2.00 bits per heavy atom. The van der Waals surface area contributed by atoms with E-state index in [1.807, 2.05) is 19.2 Å². The number of pyridine rings is 1. The molecule has 0 unspecified atom stereocenters. The zero-order chi connectivity index (χ0) is 17.2. The number of rotatable bonds is 5. The van der Waals surface area contributed by atoms with E-state index in [1.54, 1.807) is 41.5 Å². The van der Waals surface area contributed by atoms with Crippen LogP contribution in [0, 0.1) is 0 Å². The van der Waals surface area contributed by atoms with E-state index < -0.39 is 10.0 Å². The summed E-state index contributed by atoms with van der Waals surface area (Å²) in [7, 11) is -1.86. The molecule has 8 heteroatoms. The molecular formula is C16H15ClN4O2S. The maximum atomic E-state index is 12.4. The highest BCUT2D eigenvalue weighted by Crippen LogP contribution is 2.21. The van der Waals surface area contributed by atoms with Crippen LogP contribution in [0.1, 0.15) is 5.56 Å². The van der Waals surface area contributed by atoms with Gasteiger partial charge in [0.1, 0.15) is 4.90 Å². The summed E-state index contributed by atoms with van der Waals surface area (Å²) in [5.41, 5.74) is 2.51. The number of halogens is 1. The minimum absolute atomic E-state index is 0.0578. The molecule has 0 aliphatic carbocycles. The van der Waals surface area contributed by atoms with Crippen LogP contribution in [0.15, 0.2) is 59.9 Å². The van der Waals surface area contributed by atoms with Gasteiger partial charge >= 0.3 is 0 Å². The molecule has 0 aliphatic heterocycles. The molecule has 0 saturated carbocycles. The summed E-state index contributed by atoms with van der Waals surface area (Å²) in [4.78, 5) is 4.23. The summed E-state index contributed by atoms with van der Waals surface area (Å²) in [5.74, 6) is 0. The minimum atomic E-state index is -3.69. The Morgan fingerprint density at radius 3 is 2.71 bits per heavy atom. The van der Waals surface area contributed by atoms with Crippen molar-refractivity contribution in [2.75, 3.05) is 0 Å². The van der Waals surface area contributed by atoms with Crippen molar-refractivity contribution in [1.82, 2.24) is 19.5 Å². The Morgan fingerprint density at radius 1 is 1.21 bits per heavy atom. The number of sulfonamides is 1. The van der Waals surface area contributed by atoms with E-state index in [4.69, 9.17) is 11.6 Å². The lowest BCUT2D eigenvalue weighted by atomic mass is 10.1. The number of aryl methyl sites for hydroxylation is 1. The highest BCUT2D eigenvalue weighted by Gasteiger charge is 2.17. The molecule has 3 rings (SSSR count). The monoisotopic (exact) mass is 362 g/mol. The number of hydrogen-bond acceptors (Lipinski definition) is 4. The largest absolute Gasteiger partial charge is 0.268 e. The van der Waals surface area contributed by atoms with Gasteiger partial charge in [-0.25, -0.2) is 13.1 Å². The van der Waals surface area contributed by atoms with Gasteiger partial charge in [0, 0.05) is 37.7 Å². The third-order valence-corrected chi connectivity index (χ3v) is 5.41. The Bertz CT molecular complexity index is 969. The molecular weight excluding hydrogens is 348 g/mol. The second-order valence-corrected chi connectivity index (χ2v) is 7.32. The quantitative estimate of drug-likeness (QED) is 0.756. The zero-order valence-corrected chi connectivity index (χ0v) is 14.4. The van der Waals surface area contributed by atoms with Crippen LogP contribution >= 0.6 is 11.6 Å². The van der Waals surface area contributed by atoms with Crippen LogP contribution in [0.5, 0.6) is 0 Å². The molecule has 3 aromatic rings. The molecule has 0 aliphatic rings. The van der Waals surface area contributed by atoms with E-state index in [0.717, 1.165) is 16.8 Å². The van der Waals surface area contributed by atoms with Crippen LogP contribution < -0.4 is 4.72 Å². The first kappa shape index (κ1) is 16.6. The molecule has 6 nitrogen and oxygen atoms in total. The Hall–Kier alpha value is -2.22. The first-order valence-electron chi connectivity index (χ1n) is 7.14. The van der Waals surface area contributed by atoms with E-state index in [0.29, 0.717) is 0 Å². The van der Waals surface area contributed by atoms with Crippen molar-refractivity contribution in [2.24, 2.45) is 7.05 Å². The molecule has 1 aromatic carbocycles. The van der Waals surface area contributed by atoms with Gasteiger partial charge in [-0.15, -0.1) is 0 Å². The van der Waals surface area contributed by atoms with E-state index in [2.05, 4.69) is 14.8 Å². The van der Waals surface area contributed by atoms with E-state index in [9.17, 15) is 8.42 Å². The summed E-state index contributed by atoms with van der Waals surface area (Å²) in [6, 6.07) is 10.1. The van der Waals surface area contributed by atoms with Gasteiger partial charge in [0.05, 0.1) is 10.7 Å². The lowest BCUT2D eigenvalue weighted by Gasteiger charge is -2.09. The molecule has 0 bridgehead atoms. The van der Waals surface area contributed by atoms with Crippen molar-refractivity contribution in [1.29, 1.82) is 0 Å². The van der Waals surface area contributed by atoms with Gasteiger partial charge in [-0.1, -0.05) is 23.7 Å². The van der Waals surface area contributed by atoms with Gasteiger partial charge in [0.25, 0.3) is 0 Å². The highest BCUT2D eigenvalue weighted by molar-refractivity contribution is 7.89. The standard InChI is InChI=1S/C16H15ClN4O2S/c1-21-15(6-7-19-21)13-8-12(9-18-11-13)10-20-24(22,23)16-5-3-2-4-14(16)17/h2-9,11,20H,10H2,1H3. The molecule has 0 spiro atoms. The van der Waals surface area contributed by atoms with Gasteiger partial charge in [0.2, 0.25) is 10.0 Å². The van der Waals surface area contributed by atoms with Crippen LogP contribution in [0.25, 0.3) is 11.3 Å². The zero-order valence-electron chi connectivity index (χ0n) is 12.8. The molecule has 1 N–H and O–H groups in total. The lowest BCUT2D eigenvalue weighted by molar-refractivity contribution is 0.581. The molecule has 0 amide bonds. The van der Waals surface area contributed by atoms with Gasteiger partial charge in [-0.05, 0) is 29.8 Å². The van der Waals surface area contributed by atoms with Crippen molar-refractivity contribution < 1.29 is 8.42 Å². The molecule has 0 saturated heterocycles. The molecule has 124 valence electrons. The summed E-state index contributed by atoms with van der Waals surface area (Å²) >= 11 is 5.96. The van der Waals surface area contributed by atoms with Crippen molar-refractivity contribution >= 4 is 21.6 Å². The highest BCUT2D eigenvalue weighted by atomic mass is 35.5. The minimum Gasteiger partial charge on any atom is -0.268 e. The average Bonchev–Trinajstić information content (AvgIpc) is 3.00. The van der Waals surface area contributed by atoms with Crippen LogP contribution in [-0.4, -0.2) is 23.2 Å². The third-order valence-electron chi connectivity index (χ3n) is 3.50. The summed E-state index contributed by atoms with van der Waals surface area (Å²) in [5, 5.41) is 4.31. The smallest absolute Gasteiger partial charge is 0.242 e. The second kappa shape index (κ2) is 6.72. The van der Waals surface area contributed by atoms with Crippen molar-refractivity contribution in [2.45, 2.75) is 11.4 Å². The maximum Gasteiger partial charge on any atom is 0.242 e. The fraction of sp³-hybridized carbons (Fsp3) is 0.125. The van der Waals surface area contributed by atoms with Crippen LogP contribution in [0.2, 0.25) is 5.02 Å². The van der Waals surface area contributed by atoms with Crippen molar-refractivity contribution in [3.63, 3.8) is 0 Å². The third kappa shape index (κ3) is 3.48. The molecule has 0 fully saturated rings. The fourth-order valence-electron chi connectivity index (χ4n) is 2.30. The number of hydrogen-bond donors (Lipinski definition) is 1. The van der Waals surface area contributed by atoms with Crippen LogP contribution in [0.4, 0.5) is 0 Å². The summed E-state index contributed by atoms with van der Waals surface area (Å²) in [6.45, 7) is 0.117. The summed E-state index contributed by atoms with van der Waals surface area (Å²) < 4.78 is 29.0. The van der Waals surface area contributed by atoms with E-state index in [1.165, 1.54) is 6.07 Å². The van der Waals surface area contributed by atoms with Gasteiger partial charge in [0.15, 0.2) is 0 Å². The number of nitrogens with zero attached hydrogens (tertiary/aromatic N) is 3. The Kier molecular flexibility index (Phi) is 4.66. The second-order valence-electron chi connectivity index (χ2n) is 5.18.